The van der Waals surface area contributed by atoms with Crippen LogP contribution in [0.4, 0.5) is 5.69 Å². The Bertz CT molecular complexity index is 1160. The number of aromatic amines is 1. The van der Waals surface area contributed by atoms with E-state index in [0.717, 1.165) is 11.8 Å². The smallest absolute Gasteiger partial charge is 0.342 e. The van der Waals surface area contributed by atoms with E-state index in [1.54, 1.807) is 37.3 Å². The number of carbonyl (C=O) groups is 1. The van der Waals surface area contributed by atoms with Gasteiger partial charge in [-0.2, -0.15) is 0 Å². The van der Waals surface area contributed by atoms with Crippen LogP contribution in [0.15, 0.2) is 46.5 Å². The number of ether oxygens (including phenoxy) is 1. The molecule has 0 unspecified atom stereocenters. The van der Waals surface area contributed by atoms with Crippen molar-refractivity contribution in [1.29, 1.82) is 0 Å². The highest BCUT2D eigenvalue weighted by Crippen LogP contribution is 2.33. The molecule has 1 aromatic heterocycles. The molecular weight excluding hydrogens is 432 g/mol. The van der Waals surface area contributed by atoms with Gasteiger partial charge in [0, 0.05) is 16.7 Å². The van der Waals surface area contributed by atoms with Gasteiger partial charge in [-0.05, 0) is 48.5 Å². The molecule has 3 aromatic rings. The molecule has 0 amide bonds. The van der Waals surface area contributed by atoms with Gasteiger partial charge in [0.1, 0.15) is 10.7 Å². The number of H-pyrrole nitrogens is 1. The molecule has 0 aliphatic carbocycles. The molecule has 2 aromatic carbocycles. The van der Waals surface area contributed by atoms with Crippen molar-refractivity contribution in [3.63, 3.8) is 0 Å². The highest BCUT2D eigenvalue weighted by Gasteiger charge is 2.17. The number of carboxylic acids is 1. The van der Waals surface area contributed by atoms with Gasteiger partial charge in [-0.15, -0.1) is 5.10 Å². The maximum atomic E-state index is 11.7. The molecule has 30 heavy (non-hydrogen) atoms. The molecule has 0 saturated heterocycles. The fraction of sp³-hybridized carbons (Fsp3) is 0.105. The second-order valence-electron chi connectivity index (χ2n) is 6.03. The lowest BCUT2D eigenvalue weighted by Crippen LogP contribution is -1.98. The summed E-state index contributed by atoms with van der Waals surface area (Å²) < 4.78 is 5.29. The van der Waals surface area contributed by atoms with Gasteiger partial charge in [-0.3, -0.25) is 15.2 Å². The Kier molecular flexibility index (Phi) is 6.38. The zero-order valence-corrected chi connectivity index (χ0v) is 17.3. The molecule has 2 N–H and O–H groups in total. The topological polar surface area (TPSA) is 131 Å². The van der Waals surface area contributed by atoms with Gasteiger partial charge in [-0.25, -0.2) is 9.78 Å². The molecule has 154 valence electrons. The maximum absolute atomic E-state index is 11.7. The minimum Gasteiger partial charge on any atom is -0.496 e. The third kappa shape index (κ3) is 4.78. The number of aliphatic carboxylic acids is 1. The van der Waals surface area contributed by atoms with Gasteiger partial charge in [0.25, 0.3) is 5.69 Å². The predicted octanol–water partition coefficient (Wildman–Crippen LogP) is 4.57. The average molecular weight is 447 g/mol. The number of benzene rings is 2. The molecule has 0 bridgehead atoms. The third-order valence-corrected chi connectivity index (χ3v) is 5.13. The fourth-order valence-electron chi connectivity index (χ4n) is 2.58. The lowest BCUT2D eigenvalue weighted by Gasteiger charge is -2.05. The predicted molar refractivity (Wildman–Crippen MR) is 113 cm³/mol. The average Bonchev–Trinajstić information content (AvgIpc) is 3.17. The number of thioether (sulfide) groups is 1. The van der Waals surface area contributed by atoms with Gasteiger partial charge in [0.05, 0.1) is 17.6 Å². The summed E-state index contributed by atoms with van der Waals surface area (Å²) in [6.07, 6.45) is 1.33. The number of nitrogens with one attached hydrogen (secondary N) is 1. The van der Waals surface area contributed by atoms with E-state index in [-0.39, 0.29) is 15.7 Å². The Labute approximate surface area is 179 Å². The van der Waals surface area contributed by atoms with Crippen molar-refractivity contribution >= 4 is 41.1 Å². The highest BCUT2D eigenvalue weighted by molar-refractivity contribution is 8.04. The maximum Gasteiger partial charge on any atom is 0.342 e. The van der Waals surface area contributed by atoms with Crippen LogP contribution in [0, 0.1) is 17.0 Å². The number of rotatable bonds is 7. The number of halogens is 1. The Morgan fingerprint density at radius 3 is 2.77 bits per heavy atom. The van der Waals surface area contributed by atoms with Gasteiger partial charge in [0.15, 0.2) is 5.82 Å². The number of hydrogen-bond donors (Lipinski definition) is 2. The van der Waals surface area contributed by atoms with E-state index in [0.29, 0.717) is 33.3 Å². The number of methoxy groups -OCH3 is 1. The summed E-state index contributed by atoms with van der Waals surface area (Å²) >= 11 is 6.84. The molecule has 11 heteroatoms. The molecule has 1 heterocycles. The van der Waals surface area contributed by atoms with Gasteiger partial charge < -0.3 is 9.84 Å². The first kappa shape index (κ1) is 21.3. The molecule has 0 aliphatic heterocycles. The van der Waals surface area contributed by atoms with E-state index in [9.17, 15) is 20.0 Å². The number of carboxylic acid groups (broad SMARTS) is 1. The van der Waals surface area contributed by atoms with Crippen molar-refractivity contribution in [1.82, 2.24) is 15.2 Å². The Hall–Kier alpha value is -3.37. The zero-order valence-electron chi connectivity index (χ0n) is 15.7. The fourth-order valence-corrected chi connectivity index (χ4v) is 3.45. The van der Waals surface area contributed by atoms with Gasteiger partial charge >= 0.3 is 5.97 Å². The van der Waals surface area contributed by atoms with Crippen molar-refractivity contribution in [2.75, 3.05) is 7.11 Å². The van der Waals surface area contributed by atoms with E-state index >= 15 is 0 Å². The molecular formula is C19H15ClN4O5S. The number of nitro benzene ring substituents is 1. The molecule has 3 rings (SSSR count). The van der Waals surface area contributed by atoms with Crippen LogP contribution < -0.4 is 4.74 Å². The standard InChI is InChI=1S/C19H15ClN4O5S/c1-10-3-4-11(7-14(10)24(27)28)8-16(18(25)26)30-19-21-17(22-23-19)13-9-12(20)5-6-15(13)29-2/h3-9H,1-2H3,(H,25,26)(H,21,22,23)/b16-8+. The summed E-state index contributed by atoms with van der Waals surface area (Å²) in [6.45, 7) is 1.61. The zero-order chi connectivity index (χ0) is 21.8. The minimum atomic E-state index is -1.21. The lowest BCUT2D eigenvalue weighted by atomic mass is 10.1. The van der Waals surface area contributed by atoms with Crippen molar-refractivity contribution in [2.45, 2.75) is 12.1 Å². The van der Waals surface area contributed by atoms with Crippen LogP contribution in [0.25, 0.3) is 17.5 Å². The van der Waals surface area contributed by atoms with Crippen LogP contribution >= 0.6 is 23.4 Å². The van der Waals surface area contributed by atoms with Gasteiger partial charge in [0.2, 0.25) is 5.16 Å². The molecule has 0 radical (unpaired) electrons. The van der Waals surface area contributed by atoms with Crippen LogP contribution in [-0.2, 0) is 4.79 Å². The monoisotopic (exact) mass is 446 g/mol. The summed E-state index contributed by atoms with van der Waals surface area (Å²) in [5.74, 6) is -0.337. The Morgan fingerprint density at radius 2 is 2.10 bits per heavy atom. The van der Waals surface area contributed by atoms with E-state index in [4.69, 9.17) is 16.3 Å². The first-order valence-electron chi connectivity index (χ1n) is 8.42. The molecule has 0 fully saturated rings. The van der Waals surface area contributed by atoms with Crippen LogP contribution in [0.2, 0.25) is 5.02 Å². The largest absolute Gasteiger partial charge is 0.496 e. The third-order valence-electron chi connectivity index (χ3n) is 4.02. The number of hydrogen-bond acceptors (Lipinski definition) is 7. The second-order valence-corrected chi connectivity index (χ2v) is 7.48. The first-order chi connectivity index (χ1) is 14.3. The van der Waals surface area contributed by atoms with Crippen LogP contribution in [0.3, 0.4) is 0 Å². The number of nitrogens with zero attached hydrogens (tertiary/aromatic N) is 3. The number of aromatic nitrogens is 3. The second kappa shape index (κ2) is 8.97. The molecule has 0 spiro atoms. The van der Waals surface area contributed by atoms with Crippen molar-refractivity contribution < 1.29 is 19.6 Å². The summed E-state index contributed by atoms with van der Waals surface area (Å²) in [7, 11) is 1.50. The van der Waals surface area contributed by atoms with Crippen LogP contribution in [0.5, 0.6) is 5.75 Å². The SMILES string of the molecule is COc1ccc(Cl)cc1-c1nc(S/C(=C/c2ccc(C)c([N+](=O)[O-])c2)C(=O)O)n[nH]1. The van der Waals surface area contributed by atoms with Crippen LogP contribution in [-0.4, -0.2) is 38.3 Å². The quantitative estimate of drug-likeness (QED) is 0.233. The van der Waals surface area contributed by atoms with Crippen molar-refractivity contribution in [2.24, 2.45) is 0 Å². The van der Waals surface area contributed by atoms with Crippen molar-refractivity contribution in [3.05, 3.63) is 67.6 Å². The summed E-state index contributed by atoms with van der Waals surface area (Å²) in [4.78, 5) is 26.5. The Morgan fingerprint density at radius 1 is 1.33 bits per heavy atom. The Balaban J connectivity index is 1.92. The summed E-state index contributed by atoms with van der Waals surface area (Å²) in [5, 5.41) is 28.1. The molecule has 0 atom stereocenters. The van der Waals surface area contributed by atoms with Crippen LogP contribution in [0.1, 0.15) is 11.1 Å². The summed E-state index contributed by atoms with van der Waals surface area (Å²) in [6, 6.07) is 9.48. The van der Waals surface area contributed by atoms with E-state index in [2.05, 4.69) is 15.2 Å². The lowest BCUT2D eigenvalue weighted by molar-refractivity contribution is -0.385. The highest BCUT2D eigenvalue weighted by atomic mass is 35.5. The minimum absolute atomic E-state index is 0.0910. The number of nitro groups is 1. The number of aryl methyl sites for hydroxylation is 1. The van der Waals surface area contributed by atoms with E-state index < -0.39 is 10.9 Å². The van der Waals surface area contributed by atoms with Gasteiger partial charge in [-0.1, -0.05) is 23.7 Å². The molecule has 0 aliphatic rings. The first-order valence-corrected chi connectivity index (χ1v) is 9.62. The summed E-state index contributed by atoms with van der Waals surface area (Å²) in [5.41, 5.74) is 1.34. The van der Waals surface area contributed by atoms with E-state index in [1.165, 1.54) is 19.3 Å². The molecule has 9 nitrogen and oxygen atoms in total. The molecule has 0 saturated carbocycles. The normalized spacial score (nSPS) is 11.4. The van der Waals surface area contributed by atoms with Crippen molar-refractivity contribution in [3.8, 4) is 17.1 Å². The van der Waals surface area contributed by atoms with E-state index in [1.807, 2.05) is 0 Å².